The van der Waals surface area contributed by atoms with Crippen molar-refractivity contribution in [2.24, 2.45) is 11.8 Å². The van der Waals surface area contributed by atoms with Gasteiger partial charge in [0.25, 0.3) is 0 Å². The number of halogens is 2. The Balaban J connectivity index is 0.000000243. The molecule has 0 spiro atoms. The summed E-state index contributed by atoms with van der Waals surface area (Å²) >= 11 is 7.94. The van der Waals surface area contributed by atoms with Crippen LogP contribution in [0.25, 0.3) is 13.2 Å². The molecule has 1 saturated heterocycles. The number of hydrogen-bond acceptors (Lipinski definition) is 11. The molecule has 4 aromatic rings. The number of esters is 4. The number of aliphatic hydroxyl groups excluding tert-OH is 1. The molecule has 4 aliphatic rings. The maximum Gasteiger partial charge on any atom is 1.00 e. The molecule has 0 saturated carbocycles. The number of alkyl halides is 2. The Hall–Kier alpha value is -3.60. The summed E-state index contributed by atoms with van der Waals surface area (Å²) in [6, 6.07) is 31.6. The van der Waals surface area contributed by atoms with Crippen LogP contribution in [0.5, 0.6) is 0 Å². The molecule has 0 bridgehead atoms. The molecule has 8 rings (SSSR count). The Labute approximate surface area is 368 Å². The fourth-order valence-corrected chi connectivity index (χ4v) is 6.67. The monoisotopic (exact) mass is 864 g/mol. The fraction of sp³-hybridized carbons (Fsp3) is 0.220. The molecule has 296 valence electrons. The number of carbonyl (C=O) groups excluding carboxylic acids is 4. The Bertz CT molecular complexity index is 2060. The van der Waals surface area contributed by atoms with Crippen molar-refractivity contribution >= 4 is 82.4 Å². The zero-order valence-corrected chi connectivity index (χ0v) is 36.2. The van der Waals surface area contributed by atoms with E-state index < -0.39 is 40.0 Å². The summed E-state index contributed by atoms with van der Waals surface area (Å²) in [7, 11) is 0. The zero-order chi connectivity index (χ0) is 41.0. The predicted molar refractivity (Wildman–Crippen MR) is 214 cm³/mol. The Morgan fingerprint density at radius 3 is 1.44 bits per heavy atom. The second-order valence-corrected chi connectivity index (χ2v) is 14.5. The molecule has 4 atom stereocenters. The maximum absolute atomic E-state index is 11.4. The van der Waals surface area contributed by atoms with Crippen molar-refractivity contribution in [1.29, 1.82) is 0 Å². The standard InChI is InChI=1S/C12H10O3.C8H8Cl2.C8H8O2S.C8H8.C4H2O3.CH4O3S.Na/c13-11-9-5-7-3-1-2-4-8(7)6-10(9)12(14)15-11;9-5-7-3-1-2-4-8(7)6-10;9-11-6-8-4-2-1-3-7(8)5-10-11;1-7-5-3-4-6-8(7)2;5-3-1-2-4(6)7-3;2-1-5(3)4;/h1-4,9-10H,5-6H2;1-4H,5-6H2;1-4H,5-6H2;3-6H,1-2H2;1-2H;2H,1H2,(H,3,4);/q;;;;;;+1/p-1. The summed E-state index contributed by atoms with van der Waals surface area (Å²) in [5.74, 6) is -1.49. The van der Waals surface area contributed by atoms with Crippen LogP contribution in [0, 0.1) is 11.8 Å². The normalized spacial score (nSPS) is 18.3. The smallest absolute Gasteiger partial charge is 0.771 e. The van der Waals surface area contributed by atoms with E-state index >= 15 is 0 Å². The SMILES string of the molecule is C=c1ccccc1=C.ClCc1ccccc1CCl.O=C1C=CC(=O)O1.O=C1OC(=O)C2Cc3ccccc3CC12.O=S([O-])CO.O=S1Cc2ccccc2CO1.[Na+]. The third-order valence-corrected chi connectivity index (χ3v) is 9.93. The average Bonchev–Trinajstić information content (AvgIpc) is 3.73. The quantitative estimate of drug-likeness (QED) is 0.104. The third-order valence-electron chi connectivity index (χ3n) is 8.21. The van der Waals surface area contributed by atoms with Gasteiger partial charge in [-0.2, -0.15) is 0 Å². The van der Waals surface area contributed by atoms with Gasteiger partial charge >= 0.3 is 53.4 Å². The van der Waals surface area contributed by atoms with Crippen molar-refractivity contribution < 1.29 is 80.5 Å². The first-order valence-electron chi connectivity index (χ1n) is 16.8. The van der Waals surface area contributed by atoms with Gasteiger partial charge in [0.15, 0.2) is 11.1 Å². The van der Waals surface area contributed by atoms with E-state index in [0.29, 0.717) is 37.0 Å². The van der Waals surface area contributed by atoms with E-state index in [-0.39, 0.29) is 53.3 Å². The molecular formula is C41H39Cl2NaO11S2. The van der Waals surface area contributed by atoms with E-state index in [0.717, 1.165) is 44.8 Å². The number of ether oxygens (including phenoxy) is 2. The number of rotatable bonds is 3. The minimum Gasteiger partial charge on any atom is -0.771 e. The summed E-state index contributed by atoms with van der Waals surface area (Å²) in [6.07, 6.45) is 3.46. The topological polar surface area (TPSA) is 173 Å². The summed E-state index contributed by atoms with van der Waals surface area (Å²) in [4.78, 5) is 42.6. The predicted octanol–water partition coefficient (Wildman–Crippen LogP) is 1.60. The number of aliphatic hydroxyl groups is 1. The van der Waals surface area contributed by atoms with Crippen LogP contribution < -0.4 is 40.0 Å². The van der Waals surface area contributed by atoms with Crippen molar-refractivity contribution in [3.8, 4) is 0 Å². The Morgan fingerprint density at radius 2 is 1.07 bits per heavy atom. The van der Waals surface area contributed by atoms with Gasteiger partial charge < -0.3 is 19.1 Å². The average molecular weight is 866 g/mol. The van der Waals surface area contributed by atoms with Crippen LogP contribution in [0.4, 0.5) is 0 Å². The molecule has 3 aliphatic heterocycles. The molecule has 4 aromatic carbocycles. The Kier molecular flexibility index (Phi) is 23.0. The molecule has 11 nitrogen and oxygen atoms in total. The molecular weight excluding hydrogens is 826 g/mol. The van der Waals surface area contributed by atoms with Gasteiger partial charge in [-0.3, -0.25) is 18.0 Å². The zero-order valence-electron chi connectivity index (χ0n) is 31.0. The van der Waals surface area contributed by atoms with Crippen molar-refractivity contribution in [3.05, 3.63) is 153 Å². The summed E-state index contributed by atoms with van der Waals surface area (Å²) in [5.41, 5.74) is 6.90. The van der Waals surface area contributed by atoms with Gasteiger partial charge in [0.2, 0.25) is 0 Å². The maximum atomic E-state index is 11.4. The van der Waals surface area contributed by atoms with Gasteiger partial charge in [0, 0.05) is 23.9 Å². The van der Waals surface area contributed by atoms with E-state index in [2.05, 4.69) is 22.6 Å². The molecule has 16 heteroatoms. The molecule has 1 fully saturated rings. The van der Waals surface area contributed by atoms with E-state index in [1.54, 1.807) is 0 Å². The summed E-state index contributed by atoms with van der Waals surface area (Å²) in [5, 5.41) is 9.54. The molecule has 1 N–H and O–H groups in total. The van der Waals surface area contributed by atoms with Crippen LogP contribution >= 0.6 is 23.2 Å². The van der Waals surface area contributed by atoms with Crippen molar-refractivity contribution in [3.63, 3.8) is 0 Å². The minimum absolute atomic E-state index is 0. The summed E-state index contributed by atoms with van der Waals surface area (Å²) in [6.45, 7) is 8.00. The first-order chi connectivity index (χ1) is 26.9. The first-order valence-corrected chi connectivity index (χ1v) is 20.3. The van der Waals surface area contributed by atoms with Crippen LogP contribution in [0.2, 0.25) is 0 Å². The molecule has 0 radical (unpaired) electrons. The molecule has 3 heterocycles. The van der Waals surface area contributed by atoms with Crippen LogP contribution in [0.1, 0.15) is 33.4 Å². The molecule has 0 aromatic heterocycles. The number of cyclic esters (lactones) is 4. The van der Waals surface area contributed by atoms with Gasteiger partial charge in [-0.15, -0.1) is 23.2 Å². The van der Waals surface area contributed by atoms with E-state index in [1.165, 1.54) is 11.1 Å². The number of hydrogen-bond donors (Lipinski definition) is 1. The molecule has 1 aliphatic carbocycles. The number of fused-ring (bicyclic) bond motifs is 3. The number of benzene rings is 4. The van der Waals surface area contributed by atoms with Gasteiger partial charge in [-0.1, -0.05) is 110 Å². The van der Waals surface area contributed by atoms with E-state index in [1.807, 2.05) is 97.1 Å². The van der Waals surface area contributed by atoms with Crippen LogP contribution in [-0.2, 0) is 92.0 Å². The van der Waals surface area contributed by atoms with Crippen molar-refractivity contribution in [2.75, 3.05) is 5.94 Å². The fourth-order valence-electron chi connectivity index (χ4n) is 5.28. The van der Waals surface area contributed by atoms with E-state index in [4.69, 9.17) is 41.3 Å². The third kappa shape index (κ3) is 17.0. The van der Waals surface area contributed by atoms with Crippen LogP contribution in [-0.4, -0.2) is 47.9 Å². The second-order valence-electron chi connectivity index (χ2n) is 11.9. The second kappa shape index (κ2) is 26.4. The van der Waals surface area contributed by atoms with Crippen molar-refractivity contribution in [2.45, 2.75) is 37.0 Å². The molecule has 4 unspecified atom stereocenters. The van der Waals surface area contributed by atoms with Gasteiger partial charge in [-0.05, 0) is 67.7 Å². The van der Waals surface area contributed by atoms with Gasteiger partial charge in [-0.25, -0.2) is 13.8 Å². The van der Waals surface area contributed by atoms with Crippen molar-refractivity contribution in [1.82, 2.24) is 0 Å². The summed E-state index contributed by atoms with van der Waals surface area (Å²) < 4.78 is 42.8. The van der Waals surface area contributed by atoms with Crippen LogP contribution in [0.3, 0.4) is 0 Å². The largest absolute Gasteiger partial charge is 1.00 e. The van der Waals surface area contributed by atoms with Crippen LogP contribution in [0.15, 0.2) is 109 Å². The first kappa shape index (κ1) is 49.5. The molecule has 57 heavy (non-hydrogen) atoms. The number of carbonyl (C=O) groups is 4. The Morgan fingerprint density at radius 1 is 0.684 bits per heavy atom. The molecule has 0 amide bonds. The van der Waals surface area contributed by atoms with Gasteiger partial charge in [0.1, 0.15) is 5.94 Å². The van der Waals surface area contributed by atoms with Gasteiger partial charge in [0.05, 0.1) is 24.2 Å². The van der Waals surface area contributed by atoms with E-state index in [9.17, 15) is 23.4 Å². The minimum atomic E-state index is -2.27.